The van der Waals surface area contributed by atoms with Crippen molar-refractivity contribution in [3.63, 3.8) is 0 Å². The third-order valence-corrected chi connectivity index (χ3v) is 9.12. The number of rotatable bonds is 5. The normalized spacial score (nSPS) is 28.8. The van der Waals surface area contributed by atoms with Crippen molar-refractivity contribution in [2.45, 2.75) is 50.6 Å². The molecule has 0 atom stereocenters. The van der Waals surface area contributed by atoms with Crippen LogP contribution < -0.4 is 4.74 Å². The van der Waals surface area contributed by atoms with Crippen molar-refractivity contribution in [1.82, 2.24) is 9.88 Å². The van der Waals surface area contributed by atoms with Gasteiger partial charge < -0.3 is 4.74 Å². The van der Waals surface area contributed by atoms with Crippen LogP contribution in [0.4, 0.5) is 13.2 Å². The number of alkyl halides is 3. The van der Waals surface area contributed by atoms with Crippen LogP contribution >= 0.6 is 0 Å². The molecule has 1 aliphatic carbocycles. The minimum Gasteiger partial charge on any atom is -0.491 e. The Bertz CT molecular complexity index is 812. The van der Waals surface area contributed by atoms with Gasteiger partial charge in [0.2, 0.25) is 0 Å². The Labute approximate surface area is 175 Å². The third-order valence-electron chi connectivity index (χ3n) is 7.01. The molecule has 3 heterocycles. The number of nitrogens with zero attached hydrogens (tertiary/aromatic N) is 2. The summed E-state index contributed by atoms with van der Waals surface area (Å²) in [7, 11) is -2.78. The van der Waals surface area contributed by atoms with E-state index in [0.29, 0.717) is 36.7 Å². The fourth-order valence-corrected chi connectivity index (χ4v) is 7.52. The number of hydrogen-bond donors (Lipinski definition) is 0. The van der Waals surface area contributed by atoms with Gasteiger partial charge in [-0.15, -0.1) is 0 Å². The van der Waals surface area contributed by atoms with Crippen LogP contribution in [0.15, 0.2) is 18.3 Å². The summed E-state index contributed by atoms with van der Waals surface area (Å²) in [5.74, 6) is 0.283. The van der Waals surface area contributed by atoms with E-state index in [1.807, 2.05) is 12.1 Å². The first-order valence-electron chi connectivity index (χ1n) is 10.7. The van der Waals surface area contributed by atoms with Crippen molar-refractivity contribution < 1.29 is 26.3 Å². The molecule has 5 nitrogen and oxygen atoms in total. The second-order valence-corrected chi connectivity index (χ2v) is 11.3. The number of aromatic nitrogens is 1. The molecule has 2 saturated heterocycles. The lowest BCUT2D eigenvalue weighted by Crippen LogP contribution is -2.54. The summed E-state index contributed by atoms with van der Waals surface area (Å²) in [6, 6.07) is 3.72. The zero-order chi connectivity index (χ0) is 21.4. The molecule has 30 heavy (non-hydrogen) atoms. The summed E-state index contributed by atoms with van der Waals surface area (Å²) in [4.78, 5) is 6.73. The van der Waals surface area contributed by atoms with Gasteiger partial charge in [0.1, 0.15) is 12.4 Å². The van der Waals surface area contributed by atoms with Crippen molar-refractivity contribution in [2.75, 3.05) is 37.7 Å². The predicted molar refractivity (Wildman–Crippen MR) is 107 cm³/mol. The number of piperidine rings is 1. The zero-order valence-corrected chi connectivity index (χ0v) is 17.8. The summed E-state index contributed by atoms with van der Waals surface area (Å²) in [6.07, 6.45) is 0.840. The van der Waals surface area contributed by atoms with Crippen LogP contribution in [0.2, 0.25) is 0 Å². The summed E-state index contributed by atoms with van der Waals surface area (Å²) in [5, 5.41) is 0. The average molecular weight is 447 g/mol. The van der Waals surface area contributed by atoms with E-state index in [0.717, 1.165) is 38.2 Å². The molecule has 0 bridgehead atoms. The molecular formula is C21H29F3N2O3S. The summed E-state index contributed by atoms with van der Waals surface area (Å²) >= 11 is 0. The molecule has 0 N–H and O–H groups in total. The molecule has 1 aromatic rings. The van der Waals surface area contributed by atoms with E-state index >= 15 is 0 Å². The van der Waals surface area contributed by atoms with Crippen LogP contribution in [0.5, 0.6) is 5.75 Å². The number of halogens is 3. The van der Waals surface area contributed by atoms with Crippen LogP contribution in [-0.2, 0) is 9.84 Å². The largest absolute Gasteiger partial charge is 0.491 e. The SMILES string of the molecule is O=S1(=O)CC2(CCN(CCOc3ccc([C@H]4CC[C@@H](C(F)(F)F)CC4)nc3)CC2)C1. The van der Waals surface area contributed by atoms with Crippen LogP contribution in [0.25, 0.3) is 0 Å². The molecule has 3 fully saturated rings. The maximum absolute atomic E-state index is 12.8. The van der Waals surface area contributed by atoms with Crippen molar-refractivity contribution >= 4 is 9.84 Å². The van der Waals surface area contributed by atoms with Gasteiger partial charge >= 0.3 is 6.18 Å². The van der Waals surface area contributed by atoms with E-state index in [4.69, 9.17) is 4.74 Å². The Morgan fingerprint density at radius 3 is 2.30 bits per heavy atom. The molecule has 3 aliphatic rings. The lowest BCUT2D eigenvalue weighted by atomic mass is 9.80. The number of pyridine rings is 1. The van der Waals surface area contributed by atoms with Gasteiger partial charge in [-0.1, -0.05) is 0 Å². The monoisotopic (exact) mass is 446 g/mol. The number of likely N-dealkylation sites (tertiary alicyclic amines) is 1. The Morgan fingerprint density at radius 1 is 1.10 bits per heavy atom. The second-order valence-electron chi connectivity index (χ2n) is 9.23. The molecule has 1 saturated carbocycles. The van der Waals surface area contributed by atoms with Crippen LogP contribution in [0.1, 0.15) is 50.1 Å². The van der Waals surface area contributed by atoms with E-state index in [1.54, 1.807) is 6.20 Å². The number of ether oxygens (including phenoxy) is 1. The first-order valence-corrected chi connectivity index (χ1v) is 12.5. The first-order chi connectivity index (χ1) is 14.1. The molecule has 0 radical (unpaired) electrons. The van der Waals surface area contributed by atoms with Crippen molar-refractivity contribution in [3.05, 3.63) is 24.0 Å². The predicted octanol–water partition coefficient (Wildman–Crippen LogP) is 3.81. The third kappa shape index (κ3) is 5.10. The lowest BCUT2D eigenvalue weighted by molar-refractivity contribution is -0.182. The van der Waals surface area contributed by atoms with E-state index < -0.39 is 21.9 Å². The maximum Gasteiger partial charge on any atom is 0.391 e. The fraction of sp³-hybridized carbons (Fsp3) is 0.762. The minimum absolute atomic E-state index is 0.0230. The fourth-order valence-electron chi connectivity index (χ4n) is 5.16. The smallest absolute Gasteiger partial charge is 0.391 e. The molecule has 168 valence electrons. The van der Waals surface area contributed by atoms with E-state index in [-0.39, 0.29) is 24.2 Å². The van der Waals surface area contributed by atoms with Gasteiger partial charge in [0.05, 0.1) is 23.6 Å². The zero-order valence-electron chi connectivity index (χ0n) is 17.0. The number of hydrogen-bond acceptors (Lipinski definition) is 5. The highest BCUT2D eigenvalue weighted by Gasteiger charge is 2.49. The molecule has 0 unspecified atom stereocenters. The molecule has 1 spiro atoms. The highest BCUT2D eigenvalue weighted by molar-refractivity contribution is 7.92. The van der Waals surface area contributed by atoms with Crippen molar-refractivity contribution in [2.24, 2.45) is 11.3 Å². The summed E-state index contributed by atoms with van der Waals surface area (Å²) in [6.45, 7) is 3.11. The molecule has 4 rings (SSSR count). The van der Waals surface area contributed by atoms with Gasteiger partial charge in [-0.3, -0.25) is 9.88 Å². The first kappa shape index (κ1) is 21.9. The van der Waals surface area contributed by atoms with Gasteiger partial charge in [0, 0.05) is 23.6 Å². The highest BCUT2D eigenvalue weighted by atomic mass is 32.2. The molecular weight excluding hydrogens is 417 g/mol. The Balaban J connectivity index is 1.17. The van der Waals surface area contributed by atoms with Gasteiger partial charge in [-0.05, 0) is 63.7 Å². The minimum atomic E-state index is -4.08. The number of sulfone groups is 1. The molecule has 0 amide bonds. The standard InChI is InChI=1S/C21H29F3N2O3S/c22-21(23,24)17-3-1-16(2-4-17)19-6-5-18(13-25-19)29-12-11-26-9-7-20(8-10-26)14-30(27,28)15-20/h5-6,13,16-17H,1-4,7-12,14-15H2/t16-,17+. The van der Waals surface area contributed by atoms with E-state index in [9.17, 15) is 21.6 Å². The van der Waals surface area contributed by atoms with E-state index in [2.05, 4.69) is 9.88 Å². The van der Waals surface area contributed by atoms with Crippen LogP contribution in [0.3, 0.4) is 0 Å². The van der Waals surface area contributed by atoms with E-state index in [1.165, 1.54) is 0 Å². The topological polar surface area (TPSA) is 59.5 Å². The Hall–Kier alpha value is -1.35. The highest BCUT2D eigenvalue weighted by Crippen LogP contribution is 2.43. The van der Waals surface area contributed by atoms with Crippen molar-refractivity contribution in [1.29, 1.82) is 0 Å². The van der Waals surface area contributed by atoms with Gasteiger partial charge in [-0.25, -0.2) is 8.42 Å². The summed E-state index contributed by atoms with van der Waals surface area (Å²) < 4.78 is 67.1. The van der Waals surface area contributed by atoms with Crippen LogP contribution in [0, 0.1) is 11.3 Å². The van der Waals surface area contributed by atoms with Gasteiger partial charge in [0.25, 0.3) is 0 Å². The maximum atomic E-state index is 12.8. The Kier molecular flexibility index (Phi) is 6.05. The molecule has 2 aliphatic heterocycles. The second kappa shape index (κ2) is 8.30. The van der Waals surface area contributed by atoms with Gasteiger partial charge in [0.15, 0.2) is 9.84 Å². The Morgan fingerprint density at radius 2 is 1.77 bits per heavy atom. The van der Waals surface area contributed by atoms with Gasteiger partial charge in [-0.2, -0.15) is 13.2 Å². The molecule has 0 aromatic carbocycles. The average Bonchev–Trinajstić information content (AvgIpc) is 2.68. The molecule has 1 aromatic heterocycles. The summed E-state index contributed by atoms with van der Waals surface area (Å²) in [5.41, 5.74) is 0.870. The lowest BCUT2D eigenvalue weighted by Gasteiger charge is -2.47. The quantitative estimate of drug-likeness (QED) is 0.689. The molecule has 9 heteroatoms. The van der Waals surface area contributed by atoms with Crippen molar-refractivity contribution in [3.8, 4) is 5.75 Å². The van der Waals surface area contributed by atoms with Crippen LogP contribution in [-0.4, -0.2) is 62.2 Å².